The number of hydrogen-bond acceptors (Lipinski definition) is 2. The van der Waals surface area contributed by atoms with Crippen LogP contribution in [0.4, 0.5) is 14.9 Å². The van der Waals surface area contributed by atoms with Crippen LogP contribution in [0.2, 0.25) is 0 Å². The summed E-state index contributed by atoms with van der Waals surface area (Å²) >= 11 is 0. The van der Waals surface area contributed by atoms with Gasteiger partial charge in [0.25, 0.3) is 0 Å². The number of imidazole rings is 1. The molecule has 3 rings (SSSR count). The zero-order valence-corrected chi connectivity index (χ0v) is 11.8. The highest BCUT2D eigenvalue weighted by Gasteiger charge is 2.04. The standard InChI is InChI=1S/C16H15FN4O/c17-12-6-7-15-19-14(11-21(15)10-12)8-9-18-16(22)20-13-4-2-1-3-5-13/h1-7,10-11H,8-9H2,(H2,18,20,22). The van der Waals surface area contributed by atoms with Crippen molar-refractivity contribution < 1.29 is 9.18 Å². The number of amides is 2. The molecule has 3 aromatic rings. The molecule has 0 aliphatic heterocycles. The summed E-state index contributed by atoms with van der Waals surface area (Å²) in [7, 11) is 0. The Kier molecular flexibility index (Phi) is 4.00. The van der Waals surface area contributed by atoms with E-state index in [-0.39, 0.29) is 11.8 Å². The maximum atomic E-state index is 13.1. The lowest BCUT2D eigenvalue weighted by Gasteiger charge is -2.06. The van der Waals surface area contributed by atoms with E-state index in [2.05, 4.69) is 15.6 Å². The van der Waals surface area contributed by atoms with Crippen LogP contribution in [-0.2, 0) is 6.42 Å². The van der Waals surface area contributed by atoms with Gasteiger partial charge >= 0.3 is 6.03 Å². The van der Waals surface area contributed by atoms with Gasteiger partial charge in [0.15, 0.2) is 0 Å². The number of fused-ring (bicyclic) bond motifs is 1. The summed E-state index contributed by atoms with van der Waals surface area (Å²) in [6.07, 6.45) is 3.71. The third-order valence-electron chi connectivity index (χ3n) is 3.16. The number of carbonyl (C=O) groups is 1. The van der Waals surface area contributed by atoms with Crippen molar-refractivity contribution in [1.82, 2.24) is 14.7 Å². The first kappa shape index (κ1) is 14.1. The molecule has 112 valence electrons. The van der Waals surface area contributed by atoms with E-state index < -0.39 is 0 Å². The van der Waals surface area contributed by atoms with Crippen LogP contribution >= 0.6 is 0 Å². The summed E-state index contributed by atoms with van der Waals surface area (Å²) in [5.74, 6) is -0.309. The molecule has 0 aliphatic carbocycles. The number of rotatable bonds is 4. The van der Waals surface area contributed by atoms with Gasteiger partial charge in [-0.15, -0.1) is 0 Å². The lowest BCUT2D eigenvalue weighted by molar-refractivity contribution is 0.252. The fourth-order valence-corrected chi connectivity index (χ4v) is 2.14. The van der Waals surface area contributed by atoms with Crippen LogP contribution in [-0.4, -0.2) is 22.0 Å². The van der Waals surface area contributed by atoms with Gasteiger partial charge in [0, 0.05) is 31.0 Å². The van der Waals surface area contributed by atoms with E-state index in [4.69, 9.17) is 0 Å². The summed E-state index contributed by atoms with van der Waals surface area (Å²) in [5.41, 5.74) is 2.22. The summed E-state index contributed by atoms with van der Waals surface area (Å²) in [6.45, 7) is 0.449. The van der Waals surface area contributed by atoms with Gasteiger partial charge in [0.1, 0.15) is 11.5 Å². The molecule has 6 heteroatoms. The second-order valence-electron chi connectivity index (χ2n) is 4.84. The van der Waals surface area contributed by atoms with Gasteiger partial charge < -0.3 is 15.0 Å². The normalized spacial score (nSPS) is 10.6. The highest BCUT2D eigenvalue weighted by Crippen LogP contribution is 2.07. The van der Waals surface area contributed by atoms with Crippen LogP contribution in [0.5, 0.6) is 0 Å². The summed E-state index contributed by atoms with van der Waals surface area (Å²) in [6, 6.07) is 12.0. The predicted molar refractivity (Wildman–Crippen MR) is 82.3 cm³/mol. The van der Waals surface area contributed by atoms with Crippen LogP contribution in [0.3, 0.4) is 0 Å². The van der Waals surface area contributed by atoms with Crippen molar-refractivity contribution in [1.29, 1.82) is 0 Å². The molecule has 0 unspecified atom stereocenters. The van der Waals surface area contributed by atoms with E-state index in [0.717, 1.165) is 11.4 Å². The van der Waals surface area contributed by atoms with E-state index in [1.807, 2.05) is 30.3 Å². The van der Waals surface area contributed by atoms with Gasteiger partial charge in [-0.2, -0.15) is 0 Å². The first-order valence-corrected chi connectivity index (χ1v) is 6.94. The highest BCUT2D eigenvalue weighted by molar-refractivity contribution is 5.89. The van der Waals surface area contributed by atoms with Crippen LogP contribution in [0.1, 0.15) is 5.69 Å². The highest BCUT2D eigenvalue weighted by atomic mass is 19.1. The summed E-state index contributed by atoms with van der Waals surface area (Å²) in [4.78, 5) is 16.1. The fourth-order valence-electron chi connectivity index (χ4n) is 2.14. The molecular weight excluding hydrogens is 283 g/mol. The predicted octanol–water partition coefficient (Wildman–Crippen LogP) is 2.84. The molecule has 0 fully saturated rings. The number of hydrogen-bond donors (Lipinski definition) is 2. The van der Waals surface area contributed by atoms with Gasteiger partial charge in [0.2, 0.25) is 0 Å². The van der Waals surface area contributed by atoms with E-state index in [1.165, 1.54) is 12.3 Å². The third-order valence-corrected chi connectivity index (χ3v) is 3.16. The van der Waals surface area contributed by atoms with Crippen molar-refractivity contribution in [3.8, 4) is 0 Å². The molecule has 22 heavy (non-hydrogen) atoms. The van der Waals surface area contributed by atoms with Gasteiger partial charge in [-0.25, -0.2) is 14.2 Å². The van der Waals surface area contributed by atoms with Crippen LogP contribution < -0.4 is 10.6 Å². The maximum Gasteiger partial charge on any atom is 0.319 e. The first-order chi connectivity index (χ1) is 10.7. The number of urea groups is 1. The molecule has 0 spiro atoms. The van der Waals surface area contributed by atoms with Gasteiger partial charge in [0.05, 0.1) is 5.69 Å². The zero-order chi connectivity index (χ0) is 15.4. The van der Waals surface area contributed by atoms with E-state index in [9.17, 15) is 9.18 Å². The average molecular weight is 298 g/mol. The molecule has 0 saturated carbocycles. The maximum absolute atomic E-state index is 13.1. The van der Waals surface area contributed by atoms with Crippen molar-refractivity contribution >= 4 is 17.4 Å². The smallest absolute Gasteiger partial charge is 0.319 e. The van der Waals surface area contributed by atoms with Gasteiger partial charge in [-0.3, -0.25) is 0 Å². The Morgan fingerprint density at radius 2 is 1.95 bits per heavy atom. The number of benzene rings is 1. The molecule has 0 aliphatic rings. The molecule has 1 aromatic carbocycles. The molecule has 0 radical (unpaired) electrons. The number of pyridine rings is 1. The minimum absolute atomic E-state index is 0.263. The quantitative estimate of drug-likeness (QED) is 0.778. The zero-order valence-electron chi connectivity index (χ0n) is 11.8. The molecule has 0 atom stereocenters. The Hall–Kier alpha value is -2.89. The Labute approximate surface area is 126 Å². The molecule has 2 amide bonds. The SMILES string of the molecule is O=C(NCCc1cn2cc(F)ccc2n1)Nc1ccccc1. The molecule has 0 saturated heterocycles. The molecule has 2 heterocycles. The van der Waals surface area contributed by atoms with E-state index in [0.29, 0.717) is 18.6 Å². The number of aromatic nitrogens is 2. The molecule has 2 N–H and O–H groups in total. The van der Waals surface area contributed by atoms with Crippen LogP contribution in [0.25, 0.3) is 5.65 Å². The van der Waals surface area contributed by atoms with Crippen molar-refractivity contribution in [2.45, 2.75) is 6.42 Å². The minimum atomic E-state index is -0.309. The largest absolute Gasteiger partial charge is 0.337 e. The molecule has 5 nitrogen and oxygen atoms in total. The van der Waals surface area contributed by atoms with Crippen molar-refractivity contribution in [3.05, 3.63) is 66.4 Å². The minimum Gasteiger partial charge on any atom is -0.337 e. The lowest BCUT2D eigenvalue weighted by atomic mass is 10.3. The summed E-state index contributed by atoms with van der Waals surface area (Å²) in [5, 5.41) is 5.50. The molecule has 2 aromatic heterocycles. The van der Waals surface area contributed by atoms with E-state index in [1.54, 1.807) is 16.7 Å². The number of nitrogens with zero attached hydrogens (tertiary/aromatic N) is 2. The Morgan fingerprint density at radius 3 is 2.77 bits per heavy atom. The van der Waals surface area contributed by atoms with Crippen molar-refractivity contribution in [2.75, 3.05) is 11.9 Å². The van der Waals surface area contributed by atoms with Crippen LogP contribution in [0.15, 0.2) is 54.9 Å². The first-order valence-electron chi connectivity index (χ1n) is 6.94. The van der Waals surface area contributed by atoms with Crippen LogP contribution in [0, 0.1) is 5.82 Å². The number of halogens is 1. The monoisotopic (exact) mass is 298 g/mol. The third kappa shape index (κ3) is 3.41. The van der Waals surface area contributed by atoms with Gasteiger partial charge in [-0.05, 0) is 24.3 Å². The molecule has 0 bridgehead atoms. The van der Waals surface area contributed by atoms with Crippen molar-refractivity contribution in [2.24, 2.45) is 0 Å². The second-order valence-corrected chi connectivity index (χ2v) is 4.84. The molecular formula is C16H15FN4O. The Morgan fingerprint density at radius 1 is 1.14 bits per heavy atom. The second kappa shape index (κ2) is 6.26. The van der Waals surface area contributed by atoms with E-state index >= 15 is 0 Å². The topological polar surface area (TPSA) is 58.4 Å². The number of nitrogens with one attached hydrogen (secondary N) is 2. The van der Waals surface area contributed by atoms with Crippen molar-refractivity contribution in [3.63, 3.8) is 0 Å². The average Bonchev–Trinajstić information content (AvgIpc) is 2.90. The van der Waals surface area contributed by atoms with Gasteiger partial charge in [-0.1, -0.05) is 18.2 Å². The number of carbonyl (C=O) groups excluding carboxylic acids is 1. The lowest BCUT2D eigenvalue weighted by Crippen LogP contribution is -2.30. The fraction of sp³-hybridized carbons (Fsp3) is 0.125. The Balaban J connectivity index is 1.52. The number of para-hydroxylation sites is 1. The number of anilines is 1. The summed E-state index contributed by atoms with van der Waals surface area (Å²) < 4.78 is 14.7. The Bertz CT molecular complexity index is 785.